The van der Waals surface area contributed by atoms with Gasteiger partial charge in [-0.2, -0.15) is 0 Å². The summed E-state index contributed by atoms with van der Waals surface area (Å²) in [5.41, 5.74) is 1.11. The van der Waals surface area contributed by atoms with Crippen LogP contribution in [0.1, 0.15) is 24.8 Å². The number of likely N-dealkylation sites (tertiary alicyclic amines) is 1. The van der Waals surface area contributed by atoms with Crippen molar-refractivity contribution in [2.24, 2.45) is 11.8 Å². The fraction of sp³-hybridized carbons (Fsp3) is 0.611. The minimum Gasteiger partial charge on any atom is -0.375 e. The van der Waals surface area contributed by atoms with E-state index in [4.69, 9.17) is 4.74 Å². The van der Waals surface area contributed by atoms with E-state index in [2.05, 4.69) is 10.3 Å². The molecular formula is C18H25N3O3. The van der Waals surface area contributed by atoms with Crippen molar-refractivity contribution in [3.63, 3.8) is 0 Å². The maximum atomic E-state index is 12.3. The lowest BCUT2D eigenvalue weighted by atomic mass is 9.98. The van der Waals surface area contributed by atoms with E-state index in [-0.39, 0.29) is 24.5 Å². The van der Waals surface area contributed by atoms with Crippen LogP contribution >= 0.6 is 0 Å². The molecule has 0 spiro atoms. The van der Waals surface area contributed by atoms with Crippen LogP contribution in [0.2, 0.25) is 0 Å². The standard InChI is InChI=1S/C18H25N3O3/c1-24-12-18(23)21-10-15(14-3-4-14)16(11-21)20-17(22)5-2-13-6-8-19-9-7-13/h6-9,14-16H,2-5,10-12H2,1H3,(H,20,22)/t15-,16+/m0/s1. The lowest BCUT2D eigenvalue weighted by molar-refractivity contribution is -0.134. The number of pyridine rings is 1. The number of rotatable bonds is 7. The van der Waals surface area contributed by atoms with Crippen molar-refractivity contribution in [3.8, 4) is 0 Å². The van der Waals surface area contributed by atoms with Gasteiger partial charge in [0.25, 0.3) is 0 Å². The zero-order valence-corrected chi connectivity index (χ0v) is 14.1. The average Bonchev–Trinajstić information content (AvgIpc) is 3.35. The van der Waals surface area contributed by atoms with Crippen LogP contribution < -0.4 is 5.32 Å². The quantitative estimate of drug-likeness (QED) is 0.809. The molecule has 0 bridgehead atoms. The van der Waals surface area contributed by atoms with Gasteiger partial charge in [-0.15, -0.1) is 0 Å². The number of methoxy groups -OCH3 is 1. The van der Waals surface area contributed by atoms with Crippen LogP contribution in [0.4, 0.5) is 0 Å². The van der Waals surface area contributed by atoms with Crippen molar-refractivity contribution < 1.29 is 14.3 Å². The molecule has 130 valence electrons. The Morgan fingerprint density at radius 1 is 1.29 bits per heavy atom. The fourth-order valence-corrected chi connectivity index (χ4v) is 3.49. The second-order valence-electron chi connectivity index (χ2n) is 6.76. The highest BCUT2D eigenvalue weighted by Gasteiger charge is 2.44. The number of carbonyl (C=O) groups excluding carboxylic acids is 2. The monoisotopic (exact) mass is 331 g/mol. The number of nitrogens with one attached hydrogen (secondary N) is 1. The summed E-state index contributed by atoms with van der Waals surface area (Å²) in [6, 6.07) is 3.94. The van der Waals surface area contributed by atoms with Gasteiger partial charge in [-0.1, -0.05) is 0 Å². The summed E-state index contributed by atoms with van der Waals surface area (Å²) >= 11 is 0. The lowest BCUT2D eigenvalue weighted by Crippen LogP contribution is -2.42. The molecule has 1 saturated carbocycles. The second-order valence-corrected chi connectivity index (χ2v) is 6.76. The molecule has 6 heteroatoms. The van der Waals surface area contributed by atoms with Gasteiger partial charge < -0.3 is 15.0 Å². The minimum atomic E-state index is 0.0108. The van der Waals surface area contributed by atoms with Gasteiger partial charge in [0.1, 0.15) is 6.61 Å². The Balaban J connectivity index is 1.52. The SMILES string of the molecule is COCC(=O)N1C[C@@H](NC(=O)CCc2ccncc2)[C@H](C2CC2)C1. The highest BCUT2D eigenvalue weighted by Crippen LogP contribution is 2.41. The number of aryl methyl sites for hydroxylation is 1. The molecular weight excluding hydrogens is 306 g/mol. The molecule has 0 radical (unpaired) electrons. The summed E-state index contributed by atoms with van der Waals surface area (Å²) in [6.07, 6.45) is 7.07. The molecule has 2 fully saturated rings. The maximum absolute atomic E-state index is 12.3. The Hall–Kier alpha value is -1.95. The maximum Gasteiger partial charge on any atom is 0.248 e. The van der Waals surface area contributed by atoms with Gasteiger partial charge in [-0.3, -0.25) is 14.6 Å². The van der Waals surface area contributed by atoms with E-state index in [9.17, 15) is 9.59 Å². The number of hydrogen-bond acceptors (Lipinski definition) is 4. The first-order valence-electron chi connectivity index (χ1n) is 8.62. The van der Waals surface area contributed by atoms with E-state index in [1.165, 1.54) is 20.0 Å². The molecule has 0 unspecified atom stereocenters. The predicted octanol–water partition coefficient (Wildman–Crippen LogP) is 1.01. The van der Waals surface area contributed by atoms with Gasteiger partial charge in [-0.05, 0) is 42.9 Å². The van der Waals surface area contributed by atoms with Crippen molar-refractivity contribution in [1.82, 2.24) is 15.2 Å². The van der Waals surface area contributed by atoms with Gasteiger partial charge in [-0.25, -0.2) is 0 Å². The van der Waals surface area contributed by atoms with Crippen LogP contribution in [0.15, 0.2) is 24.5 Å². The summed E-state index contributed by atoms with van der Waals surface area (Å²) in [5.74, 6) is 1.10. The normalized spacial score (nSPS) is 23.3. The Morgan fingerprint density at radius 2 is 2.04 bits per heavy atom. The fourth-order valence-electron chi connectivity index (χ4n) is 3.49. The zero-order valence-electron chi connectivity index (χ0n) is 14.1. The summed E-state index contributed by atoms with van der Waals surface area (Å²) in [4.78, 5) is 30.2. The molecule has 24 heavy (non-hydrogen) atoms. The number of ether oxygens (including phenoxy) is 1. The molecule has 2 aliphatic rings. The molecule has 1 aromatic heterocycles. The van der Waals surface area contributed by atoms with Crippen molar-refractivity contribution in [1.29, 1.82) is 0 Å². The van der Waals surface area contributed by atoms with Crippen LogP contribution in [0.5, 0.6) is 0 Å². The Kier molecular flexibility index (Phi) is 5.45. The third kappa shape index (κ3) is 4.32. The molecule has 1 aliphatic carbocycles. The summed E-state index contributed by atoms with van der Waals surface area (Å²) in [6.45, 7) is 1.45. The van der Waals surface area contributed by atoms with Crippen LogP contribution in [-0.2, 0) is 20.7 Å². The number of nitrogens with zero attached hydrogens (tertiary/aromatic N) is 2. The smallest absolute Gasteiger partial charge is 0.248 e. The van der Waals surface area contributed by atoms with Gasteiger partial charge >= 0.3 is 0 Å². The number of aromatic nitrogens is 1. The Labute approximate surface area is 142 Å². The molecule has 1 saturated heterocycles. The second kappa shape index (κ2) is 7.75. The number of amides is 2. The highest BCUT2D eigenvalue weighted by atomic mass is 16.5. The van der Waals surface area contributed by atoms with Gasteiger partial charge in [0.15, 0.2) is 0 Å². The molecule has 1 N–H and O–H groups in total. The first-order valence-corrected chi connectivity index (χ1v) is 8.62. The molecule has 2 heterocycles. The van der Waals surface area contributed by atoms with Crippen LogP contribution in [0, 0.1) is 11.8 Å². The Morgan fingerprint density at radius 3 is 2.71 bits per heavy atom. The van der Waals surface area contributed by atoms with Crippen LogP contribution in [0.3, 0.4) is 0 Å². The van der Waals surface area contributed by atoms with Gasteiger partial charge in [0.05, 0.1) is 6.04 Å². The molecule has 1 aliphatic heterocycles. The minimum absolute atomic E-state index is 0.0108. The molecule has 6 nitrogen and oxygen atoms in total. The molecule has 2 amide bonds. The third-order valence-corrected chi connectivity index (χ3v) is 4.95. The van der Waals surface area contributed by atoms with E-state index < -0.39 is 0 Å². The van der Waals surface area contributed by atoms with Crippen molar-refractivity contribution in [3.05, 3.63) is 30.1 Å². The number of hydrogen-bond donors (Lipinski definition) is 1. The first kappa shape index (κ1) is 16.9. The molecule has 0 aromatic carbocycles. The lowest BCUT2D eigenvalue weighted by Gasteiger charge is -2.19. The van der Waals surface area contributed by atoms with E-state index in [1.54, 1.807) is 12.4 Å². The number of carbonyl (C=O) groups is 2. The first-order chi connectivity index (χ1) is 11.7. The topological polar surface area (TPSA) is 71.5 Å². The predicted molar refractivity (Wildman–Crippen MR) is 89.2 cm³/mol. The molecule has 3 rings (SSSR count). The van der Waals surface area contributed by atoms with E-state index >= 15 is 0 Å². The van der Waals surface area contributed by atoms with Gasteiger partial charge in [0.2, 0.25) is 11.8 Å². The zero-order chi connectivity index (χ0) is 16.9. The van der Waals surface area contributed by atoms with E-state index in [0.717, 1.165) is 12.1 Å². The van der Waals surface area contributed by atoms with Crippen LogP contribution in [-0.4, -0.2) is 54.5 Å². The summed E-state index contributed by atoms with van der Waals surface area (Å²) in [5, 5.41) is 3.16. The van der Waals surface area contributed by atoms with Crippen molar-refractivity contribution in [2.75, 3.05) is 26.8 Å². The van der Waals surface area contributed by atoms with Crippen LogP contribution in [0.25, 0.3) is 0 Å². The molecule has 2 atom stereocenters. The average molecular weight is 331 g/mol. The van der Waals surface area contributed by atoms with Gasteiger partial charge in [0, 0.05) is 44.9 Å². The molecule has 1 aromatic rings. The third-order valence-electron chi connectivity index (χ3n) is 4.95. The van der Waals surface area contributed by atoms with Crippen molar-refractivity contribution in [2.45, 2.75) is 31.7 Å². The van der Waals surface area contributed by atoms with Crippen molar-refractivity contribution >= 4 is 11.8 Å². The summed E-state index contributed by atoms with van der Waals surface area (Å²) in [7, 11) is 1.53. The van der Waals surface area contributed by atoms with E-state index in [1.807, 2.05) is 17.0 Å². The Bertz CT molecular complexity index is 574. The summed E-state index contributed by atoms with van der Waals surface area (Å²) < 4.78 is 4.95. The largest absolute Gasteiger partial charge is 0.375 e. The highest BCUT2D eigenvalue weighted by molar-refractivity contribution is 5.79. The van der Waals surface area contributed by atoms with E-state index in [0.29, 0.717) is 31.2 Å².